The van der Waals surface area contributed by atoms with Crippen molar-refractivity contribution in [3.63, 3.8) is 0 Å². The average molecular weight is 265 g/mol. The molecule has 1 aromatic carbocycles. The van der Waals surface area contributed by atoms with E-state index in [9.17, 15) is 0 Å². The van der Waals surface area contributed by atoms with Gasteiger partial charge in [-0.3, -0.25) is 5.10 Å². The van der Waals surface area contributed by atoms with Gasteiger partial charge in [-0.15, -0.1) is 11.8 Å². The molecule has 1 aromatic heterocycles. The van der Waals surface area contributed by atoms with E-state index in [1.54, 1.807) is 32.0 Å². The summed E-state index contributed by atoms with van der Waals surface area (Å²) in [7, 11) is 3.24. The number of H-pyrrole nitrogens is 1. The van der Waals surface area contributed by atoms with Crippen molar-refractivity contribution in [2.24, 2.45) is 0 Å². The second-order valence-corrected chi connectivity index (χ2v) is 4.44. The second kappa shape index (κ2) is 5.22. The van der Waals surface area contributed by atoms with Crippen LogP contribution in [0.1, 0.15) is 0 Å². The number of benzene rings is 1. The number of ether oxygens (including phenoxy) is 2. The van der Waals surface area contributed by atoms with Crippen LogP contribution < -0.4 is 15.2 Å². The number of nitrogens with one attached hydrogen (secondary N) is 1. The van der Waals surface area contributed by atoms with Crippen LogP contribution in [0.25, 0.3) is 11.3 Å². The minimum atomic E-state index is 0.444. The highest BCUT2D eigenvalue weighted by atomic mass is 32.2. The van der Waals surface area contributed by atoms with Gasteiger partial charge < -0.3 is 15.2 Å². The highest BCUT2D eigenvalue weighted by Gasteiger charge is 2.17. The first-order valence-corrected chi connectivity index (χ1v) is 6.54. The predicted molar refractivity (Wildman–Crippen MR) is 73.3 cm³/mol. The fourth-order valence-corrected chi connectivity index (χ4v) is 2.35. The van der Waals surface area contributed by atoms with Crippen LogP contribution in [0.3, 0.4) is 0 Å². The van der Waals surface area contributed by atoms with Gasteiger partial charge in [0, 0.05) is 11.6 Å². The van der Waals surface area contributed by atoms with Gasteiger partial charge in [-0.1, -0.05) is 0 Å². The number of nitrogen functional groups attached to an aromatic ring is 1. The van der Waals surface area contributed by atoms with Gasteiger partial charge in [0.15, 0.2) is 11.5 Å². The number of anilines is 1. The molecule has 0 unspecified atom stereocenters. The Kier molecular flexibility index (Phi) is 3.66. The number of aromatic nitrogens is 2. The lowest BCUT2D eigenvalue weighted by Crippen LogP contribution is -1.95. The van der Waals surface area contributed by atoms with Gasteiger partial charge >= 0.3 is 0 Å². The highest BCUT2D eigenvalue weighted by molar-refractivity contribution is 7.98. The van der Waals surface area contributed by atoms with Gasteiger partial charge in [-0.05, 0) is 18.4 Å². The fourth-order valence-electron chi connectivity index (χ4n) is 1.79. The molecular weight excluding hydrogens is 250 g/mol. The molecule has 2 rings (SSSR count). The SMILES string of the molecule is COc1c(SC)ccc(-c2cc(N)n[nH]2)c1OC. The largest absolute Gasteiger partial charge is 0.492 e. The summed E-state index contributed by atoms with van der Waals surface area (Å²) < 4.78 is 10.9. The Morgan fingerprint density at radius 3 is 2.44 bits per heavy atom. The molecule has 0 radical (unpaired) electrons. The topological polar surface area (TPSA) is 73.2 Å². The van der Waals surface area contributed by atoms with E-state index in [1.807, 2.05) is 18.4 Å². The molecule has 6 heteroatoms. The van der Waals surface area contributed by atoms with E-state index >= 15 is 0 Å². The number of methoxy groups -OCH3 is 2. The smallest absolute Gasteiger partial charge is 0.174 e. The van der Waals surface area contributed by atoms with E-state index < -0.39 is 0 Å². The third-order valence-corrected chi connectivity index (χ3v) is 3.35. The zero-order valence-electron chi connectivity index (χ0n) is 10.5. The Morgan fingerprint density at radius 2 is 1.94 bits per heavy atom. The molecule has 0 bridgehead atoms. The van der Waals surface area contributed by atoms with Gasteiger partial charge in [0.2, 0.25) is 0 Å². The Labute approximate surface area is 110 Å². The maximum absolute atomic E-state index is 5.62. The second-order valence-electron chi connectivity index (χ2n) is 3.59. The third-order valence-electron chi connectivity index (χ3n) is 2.59. The number of thioether (sulfide) groups is 1. The summed E-state index contributed by atoms with van der Waals surface area (Å²) in [4.78, 5) is 1.02. The van der Waals surface area contributed by atoms with Crippen molar-refractivity contribution < 1.29 is 9.47 Å². The van der Waals surface area contributed by atoms with Crippen molar-refractivity contribution in [1.82, 2.24) is 10.2 Å². The lowest BCUT2D eigenvalue weighted by molar-refractivity contribution is 0.349. The van der Waals surface area contributed by atoms with Crippen molar-refractivity contribution in [1.29, 1.82) is 0 Å². The molecule has 0 aliphatic heterocycles. The number of rotatable bonds is 4. The maximum Gasteiger partial charge on any atom is 0.174 e. The van der Waals surface area contributed by atoms with Gasteiger partial charge in [-0.25, -0.2) is 0 Å². The Hall–Kier alpha value is -1.82. The van der Waals surface area contributed by atoms with Crippen LogP contribution in [0.15, 0.2) is 23.1 Å². The molecule has 0 fully saturated rings. The number of nitrogens with two attached hydrogens (primary N) is 1. The molecule has 0 saturated carbocycles. The van der Waals surface area contributed by atoms with Crippen LogP contribution in [0, 0.1) is 0 Å². The summed E-state index contributed by atoms with van der Waals surface area (Å²) in [6, 6.07) is 5.70. The molecule has 0 spiro atoms. The van der Waals surface area contributed by atoms with Gasteiger partial charge in [0.25, 0.3) is 0 Å². The van der Waals surface area contributed by atoms with Crippen molar-refractivity contribution in [2.45, 2.75) is 4.90 Å². The van der Waals surface area contributed by atoms with Gasteiger partial charge in [0.05, 0.1) is 24.8 Å². The molecule has 96 valence electrons. The summed E-state index contributed by atoms with van der Waals surface area (Å²) >= 11 is 1.60. The normalized spacial score (nSPS) is 10.4. The van der Waals surface area contributed by atoms with Crippen molar-refractivity contribution in [3.8, 4) is 22.8 Å². The molecule has 2 aromatic rings. The minimum Gasteiger partial charge on any atom is -0.492 e. The standard InChI is InChI=1S/C12H15N3O2S/c1-16-11-7(8-6-10(13)15-14-8)4-5-9(18-3)12(11)17-2/h4-6H,1-3H3,(H3,13,14,15). The number of hydrogen-bond donors (Lipinski definition) is 2. The number of aromatic amines is 1. The molecule has 0 aliphatic rings. The van der Waals surface area contributed by atoms with Crippen LogP contribution in [-0.4, -0.2) is 30.7 Å². The number of hydrogen-bond acceptors (Lipinski definition) is 5. The molecule has 5 nitrogen and oxygen atoms in total. The molecule has 0 amide bonds. The molecule has 0 aliphatic carbocycles. The zero-order chi connectivity index (χ0) is 13.1. The quantitative estimate of drug-likeness (QED) is 0.830. The summed E-state index contributed by atoms with van der Waals surface area (Å²) in [5.74, 6) is 1.84. The average Bonchev–Trinajstić information content (AvgIpc) is 2.83. The number of nitrogens with zero attached hydrogens (tertiary/aromatic N) is 1. The van der Waals surface area contributed by atoms with Crippen molar-refractivity contribution in [3.05, 3.63) is 18.2 Å². The first-order chi connectivity index (χ1) is 8.71. The van der Waals surface area contributed by atoms with E-state index in [1.165, 1.54) is 0 Å². The van der Waals surface area contributed by atoms with E-state index in [0.29, 0.717) is 11.6 Å². The summed E-state index contributed by atoms with van der Waals surface area (Å²) in [6.45, 7) is 0. The maximum atomic E-state index is 5.62. The minimum absolute atomic E-state index is 0.444. The summed E-state index contributed by atoms with van der Waals surface area (Å²) in [6.07, 6.45) is 1.99. The first-order valence-electron chi connectivity index (χ1n) is 5.31. The molecular formula is C12H15N3O2S. The van der Waals surface area contributed by atoms with E-state index in [2.05, 4.69) is 10.2 Å². The fraction of sp³-hybridized carbons (Fsp3) is 0.250. The molecule has 1 heterocycles. The Bertz CT molecular complexity index is 554. The van der Waals surface area contributed by atoms with Gasteiger partial charge in [0.1, 0.15) is 5.82 Å². The van der Waals surface area contributed by atoms with Crippen LogP contribution >= 0.6 is 11.8 Å². The molecule has 0 atom stereocenters. The van der Waals surface area contributed by atoms with E-state index in [4.69, 9.17) is 15.2 Å². The Morgan fingerprint density at radius 1 is 1.22 bits per heavy atom. The van der Waals surface area contributed by atoms with Crippen LogP contribution in [0.4, 0.5) is 5.82 Å². The summed E-state index contributed by atoms with van der Waals surface area (Å²) in [5, 5.41) is 6.79. The monoisotopic (exact) mass is 265 g/mol. The van der Waals surface area contributed by atoms with Crippen LogP contribution in [-0.2, 0) is 0 Å². The van der Waals surface area contributed by atoms with E-state index in [-0.39, 0.29) is 0 Å². The Balaban J connectivity index is 2.61. The summed E-state index contributed by atoms with van der Waals surface area (Å²) in [5.41, 5.74) is 7.29. The predicted octanol–water partition coefficient (Wildman–Crippen LogP) is 2.40. The van der Waals surface area contributed by atoms with Crippen LogP contribution in [0.2, 0.25) is 0 Å². The van der Waals surface area contributed by atoms with Crippen molar-refractivity contribution >= 4 is 17.6 Å². The molecule has 0 saturated heterocycles. The third kappa shape index (κ3) is 2.11. The zero-order valence-corrected chi connectivity index (χ0v) is 11.3. The van der Waals surface area contributed by atoms with Crippen LogP contribution in [0.5, 0.6) is 11.5 Å². The highest BCUT2D eigenvalue weighted by Crippen LogP contribution is 2.43. The lowest BCUT2D eigenvalue weighted by atomic mass is 10.1. The van der Waals surface area contributed by atoms with E-state index in [0.717, 1.165) is 21.9 Å². The van der Waals surface area contributed by atoms with Gasteiger partial charge in [-0.2, -0.15) is 5.10 Å². The first kappa shape index (κ1) is 12.6. The molecule has 18 heavy (non-hydrogen) atoms. The lowest BCUT2D eigenvalue weighted by Gasteiger charge is -2.14. The van der Waals surface area contributed by atoms with Crippen molar-refractivity contribution in [2.75, 3.05) is 26.2 Å². The molecule has 3 N–H and O–H groups in total.